The molecule has 5 nitrogen and oxygen atoms in total. The van der Waals surface area contributed by atoms with Crippen LogP contribution in [0.1, 0.15) is 25.7 Å². The minimum absolute atomic E-state index is 0.331. The molecule has 39 heavy (non-hydrogen) atoms. The van der Waals surface area contributed by atoms with Crippen molar-refractivity contribution >= 4 is 39.0 Å². The number of hydrogen-bond acceptors (Lipinski definition) is 5. The van der Waals surface area contributed by atoms with Crippen molar-refractivity contribution in [3.05, 3.63) is 65.4 Å². The van der Waals surface area contributed by atoms with Gasteiger partial charge in [-0.05, 0) is 62.4 Å². The van der Waals surface area contributed by atoms with Crippen LogP contribution in [0.2, 0.25) is 5.02 Å². The quantitative estimate of drug-likeness (QED) is 0.310. The third-order valence-electron chi connectivity index (χ3n) is 8.76. The number of rotatable bonds is 5. The van der Waals surface area contributed by atoms with E-state index in [-0.39, 0.29) is 5.82 Å². The fourth-order valence-corrected chi connectivity index (χ4v) is 7.17. The average Bonchev–Trinajstić information content (AvgIpc) is 3.29. The van der Waals surface area contributed by atoms with Gasteiger partial charge in [0, 0.05) is 65.1 Å². The number of benzene rings is 3. The smallest absolute Gasteiger partial charge is 0.216 e. The molecule has 3 aliphatic rings. The van der Waals surface area contributed by atoms with E-state index >= 15 is 4.39 Å². The van der Waals surface area contributed by atoms with Crippen LogP contribution in [0.15, 0.2) is 54.6 Å². The van der Waals surface area contributed by atoms with E-state index in [1.54, 1.807) is 0 Å². The number of nitrogens with zero attached hydrogens (tertiary/aromatic N) is 3. The Morgan fingerprint density at radius 3 is 2.59 bits per heavy atom. The van der Waals surface area contributed by atoms with Crippen LogP contribution >= 0.6 is 11.6 Å². The summed E-state index contributed by atoms with van der Waals surface area (Å²) in [6, 6.07) is 18.6. The molecule has 0 amide bonds. The number of aromatic nitrogens is 1. The van der Waals surface area contributed by atoms with Crippen LogP contribution < -0.4 is 15.0 Å². The van der Waals surface area contributed by atoms with Crippen molar-refractivity contribution in [2.45, 2.75) is 37.8 Å². The number of piperazine rings is 1. The normalized spacial score (nSPS) is 23.6. The molecule has 0 aliphatic carbocycles. The Hall–Kier alpha value is -2.93. The summed E-state index contributed by atoms with van der Waals surface area (Å²) in [5.74, 6) is 0.625. The lowest BCUT2D eigenvalue weighted by Gasteiger charge is -2.35. The van der Waals surface area contributed by atoms with Crippen LogP contribution in [0, 0.1) is 11.7 Å². The van der Waals surface area contributed by atoms with Gasteiger partial charge in [-0.3, -0.25) is 0 Å². The lowest BCUT2D eigenvalue weighted by molar-refractivity contribution is 0.148. The molecule has 3 aliphatic heterocycles. The molecule has 4 heterocycles. The van der Waals surface area contributed by atoms with Crippen LogP contribution in [0.3, 0.4) is 0 Å². The number of hydrogen-bond donors (Lipinski definition) is 1. The van der Waals surface area contributed by atoms with E-state index in [0.717, 1.165) is 60.0 Å². The van der Waals surface area contributed by atoms with E-state index in [2.05, 4.69) is 22.2 Å². The summed E-state index contributed by atoms with van der Waals surface area (Å²) >= 11 is 6.62. The maximum atomic E-state index is 16.6. The van der Waals surface area contributed by atoms with Crippen LogP contribution in [0.4, 0.5) is 10.1 Å². The molecule has 0 spiro atoms. The van der Waals surface area contributed by atoms with Crippen LogP contribution in [-0.2, 0) is 0 Å². The highest BCUT2D eigenvalue weighted by Crippen LogP contribution is 2.40. The molecular weight excluding hydrogens is 511 g/mol. The zero-order valence-electron chi connectivity index (χ0n) is 22.3. The summed E-state index contributed by atoms with van der Waals surface area (Å²) in [5.41, 5.74) is 2.65. The van der Waals surface area contributed by atoms with Crippen molar-refractivity contribution in [3.63, 3.8) is 0 Å². The standard InChI is InChI=1S/C32H34ClFN4O/c1-37-14-4-5-20(16-37)19-39-29-15-28(38-17-22-10-11-23(18-38)35-22)26-13-12-25(31(34)32(26)36-29)24-8-2-6-21-7-3-9-27(33)30(21)24/h2-3,6-9,12-13,15,20,22-23,35H,4-5,10-11,14,16-19H2,1H3/t20?,22-,23+. The Kier molecular flexibility index (Phi) is 6.58. The summed E-state index contributed by atoms with van der Waals surface area (Å²) in [7, 11) is 2.16. The first kappa shape index (κ1) is 25.1. The predicted octanol–water partition coefficient (Wildman–Crippen LogP) is 6.51. The van der Waals surface area contributed by atoms with Crippen molar-refractivity contribution in [3.8, 4) is 17.0 Å². The molecule has 1 unspecified atom stereocenters. The van der Waals surface area contributed by atoms with Crippen LogP contribution in [0.5, 0.6) is 5.88 Å². The minimum Gasteiger partial charge on any atom is -0.477 e. The van der Waals surface area contributed by atoms with Crippen molar-refractivity contribution < 1.29 is 9.13 Å². The molecule has 3 aromatic carbocycles. The summed E-state index contributed by atoms with van der Waals surface area (Å²) in [6.45, 7) is 4.55. The number of anilines is 1. The van der Waals surface area contributed by atoms with E-state index in [1.807, 2.05) is 54.6 Å². The molecule has 1 N–H and O–H groups in total. The van der Waals surface area contributed by atoms with Gasteiger partial charge in [-0.15, -0.1) is 0 Å². The highest BCUT2D eigenvalue weighted by molar-refractivity contribution is 6.36. The fourth-order valence-electron chi connectivity index (χ4n) is 6.89. The maximum Gasteiger partial charge on any atom is 0.216 e. The van der Waals surface area contributed by atoms with Crippen molar-refractivity contribution in [2.75, 3.05) is 44.7 Å². The monoisotopic (exact) mass is 544 g/mol. The van der Waals surface area contributed by atoms with Gasteiger partial charge in [0.15, 0.2) is 5.82 Å². The largest absolute Gasteiger partial charge is 0.477 e. The fraction of sp³-hybridized carbons (Fsp3) is 0.406. The van der Waals surface area contributed by atoms with E-state index in [1.165, 1.54) is 19.3 Å². The van der Waals surface area contributed by atoms with E-state index in [0.29, 0.717) is 46.6 Å². The number of pyridine rings is 1. The van der Waals surface area contributed by atoms with Crippen LogP contribution in [-0.4, -0.2) is 61.8 Å². The molecule has 3 fully saturated rings. The van der Waals surface area contributed by atoms with E-state index in [4.69, 9.17) is 21.3 Å². The number of ether oxygens (including phenoxy) is 1. The third-order valence-corrected chi connectivity index (χ3v) is 9.08. The van der Waals surface area contributed by atoms with Gasteiger partial charge >= 0.3 is 0 Å². The molecule has 3 saturated heterocycles. The Balaban J connectivity index is 1.33. The van der Waals surface area contributed by atoms with Gasteiger partial charge in [0.05, 0.1) is 12.3 Å². The first-order valence-corrected chi connectivity index (χ1v) is 14.5. The van der Waals surface area contributed by atoms with Crippen molar-refractivity contribution in [1.82, 2.24) is 15.2 Å². The summed E-state index contributed by atoms with van der Waals surface area (Å²) < 4.78 is 22.9. The van der Waals surface area contributed by atoms with Gasteiger partial charge in [-0.25, -0.2) is 9.37 Å². The SMILES string of the molecule is CN1CCCC(COc2cc(N3C[C@H]4CC[C@@H](C3)N4)c3ccc(-c4cccc5cccc(Cl)c45)c(F)c3n2)C1. The maximum absolute atomic E-state index is 16.6. The van der Waals surface area contributed by atoms with E-state index < -0.39 is 0 Å². The number of piperidine rings is 1. The number of nitrogens with one attached hydrogen (secondary N) is 1. The van der Waals surface area contributed by atoms with Gasteiger partial charge in [0.1, 0.15) is 5.52 Å². The molecule has 7 heteroatoms. The highest BCUT2D eigenvalue weighted by Gasteiger charge is 2.33. The Morgan fingerprint density at radius 1 is 1.00 bits per heavy atom. The van der Waals surface area contributed by atoms with Gasteiger partial charge < -0.3 is 19.9 Å². The Bertz CT molecular complexity index is 1530. The second-order valence-corrected chi connectivity index (χ2v) is 12.0. The molecule has 2 bridgehead atoms. The van der Waals surface area contributed by atoms with Gasteiger partial charge in [-0.2, -0.15) is 0 Å². The molecular formula is C32H34ClFN4O. The van der Waals surface area contributed by atoms with Gasteiger partial charge in [-0.1, -0.05) is 48.0 Å². The first-order valence-electron chi connectivity index (χ1n) is 14.2. The number of likely N-dealkylation sites (tertiary alicyclic amines) is 1. The molecule has 0 radical (unpaired) electrons. The van der Waals surface area contributed by atoms with E-state index in [9.17, 15) is 0 Å². The zero-order valence-corrected chi connectivity index (χ0v) is 23.1. The van der Waals surface area contributed by atoms with Crippen molar-refractivity contribution in [1.29, 1.82) is 0 Å². The summed E-state index contributed by atoms with van der Waals surface area (Å²) in [6.07, 6.45) is 4.69. The Morgan fingerprint density at radius 2 is 1.79 bits per heavy atom. The average molecular weight is 545 g/mol. The summed E-state index contributed by atoms with van der Waals surface area (Å²) in [4.78, 5) is 9.55. The predicted molar refractivity (Wildman–Crippen MR) is 158 cm³/mol. The molecule has 4 aromatic rings. The number of halogens is 2. The molecule has 202 valence electrons. The second-order valence-electron chi connectivity index (χ2n) is 11.6. The van der Waals surface area contributed by atoms with Gasteiger partial charge in [0.2, 0.25) is 5.88 Å². The lowest BCUT2D eigenvalue weighted by Crippen LogP contribution is -2.51. The first-order chi connectivity index (χ1) is 19.0. The van der Waals surface area contributed by atoms with Gasteiger partial charge in [0.25, 0.3) is 0 Å². The topological polar surface area (TPSA) is 40.6 Å². The van der Waals surface area contributed by atoms with Crippen molar-refractivity contribution in [2.24, 2.45) is 5.92 Å². The summed E-state index contributed by atoms with van der Waals surface area (Å²) in [5, 5.41) is 6.99. The van der Waals surface area contributed by atoms with Crippen LogP contribution in [0.25, 0.3) is 32.8 Å². The Labute approximate surface area is 233 Å². The lowest BCUT2D eigenvalue weighted by atomic mass is 9.96. The molecule has 7 rings (SSSR count). The highest BCUT2D eigenvalue weighted by atomic mass is 35.5. The second kappa shape index (κ2) is 10.2. The zero-order chi connectivity index (χ0) is 26.5. The molecule has 3 atom stereocenters. The minimum atomic E-state index is -0.331. The third kappa shape index (κ3) is 4.73. The molecule has 1 aromatic heterocycles. The molecule has 0 saturated carbocycles. The number of fused-ring (bicyclic) bond motifs is 4.